The average molecular weight is 347 g/mol. The van der Waals surface area contributed by atoms with Gasteiger partial charge in [0.15, 0.2) is 0 Å². The van der Waals surface area contributed by atoms with Crippen LogP contribution in [0.25, 0.3) is 6.08 Å². The molecule has 0 radical (unpaired) electrons. The lowest BCUT2D eigenvalue weighted by molar-refractivity contribution is -0.140. The first-order chi connectivity index (χ1) is 11.8. The first-order valence-electron chi connectivity index (χ1n) is 7.99. The van der Waals surface area contributed by atoms with Gasteiger partial charge in [0.05, 0.1) is 26.2 Å². The van der Waals surface area contributed by atoms with Gasteiger partial charge in [0, 0.05) is 25.0 Å². The molecule has 1 aromatic rings. The number of aryl methyl sites for hydroxylation is 1. The van der Waals surface area contributed by atoms with Gasteiger partial charge in [-0.15, -0.1) is 0 Å². The molecule has 0 saturated carbocycles. The van der Waals surface area contributed by atoms with Gasteiger partial charge in [0.2, 0.25) is 0 Å². The highest BCUT2D eigenvalue weighted by Gasteiger charge is 2.15. The van der Waals surface area contributed by atoms with Crippen molar-refractivity contribution in [2.24, 2.45) is 0 Å². The van der Waals surface area contributed by atoms with Crippen LogP contribution in [0.5, 0.6) is 0 Å². The van der Waals surface area contributed by atoms with E-state index in [-0.39, 0.29) is 24.6 Å². The van der Waals surface area contributed by atoms with Gasteiger partial charge in [-0.1, -0.05) is 0 Å². The van der Waals surface area contributed by atoms with Gasteiger partial charge in [-0.05, 0) is 38.5 Å². The summed E-state index contributed by atoms with van der Waals surface area (Å²) < 4.78 is 11.8. The molecule has 1 heterocycles. The minimum atomic E-state index is -0.513. The Bertz CT molecular complexity index is 698. The Morgan fingerprint density at radius 1 is 1.40 bits per heavy atom. The monoisotopic (exact) mass is 347 g/mol. The normalized spacial score (nSPS) is 12.4. The van der Waals surface area contributed by atoms with Gasteiger partial charge >= 0.3 is 5.97 Å². The molecule has 1 rings (SSSR count). The van der Waals surface area contributed by atoms with E-state index in [0.717, 1.165) is 17.0 Å². The highest BCUT2D eigenvalue weighted by molar-refractivity contribution is 6.01. The fraction of sp³-hybridized carbons (Fsp3) is 0.500. The van der Waals surface area contributed by atoms with Gasteiger partial charge in [-0.3, -0.25) is 9.59 Å². The van der Waals surface area contributed by atoms with E-state index in [2.05, 4.69) is 14.6 Å². The van der Waals surface area contributed by atoms with Crippen LogP contribution in [0.15, 0.2) is 11.6 Å². The molecule has 7 heteroatoms. The van der Waals surface area contributed by atoms with Crippen molar-refractivity contribution in [1.82, 2.24) is 9.88 Å². The number of hydrogen-bond donors (Lipinski definition) is 1. The number of hydrogen-bond acceptors (Lipinski definition) is 5. The van der Waals surface area contributed by atoms with Crippen molar-refractivity contribution in [3.63, 3.8) is 0 Å². The van der Waals surface area contributed by atoms with E-state index in [1.54, 1.807) is 13.2 Å². The number of nitriles is 1. The van der Waals surface area contributed by atoms with Crippen LogP contribution in [0.2, 0.25) is 0 Å². The van der Waals surface area contributed by atoms with E-state index in [4.69, 9.17) is 4.74 Å². The molecule has 136 valence electrons. The van der Waals surface area contributed by atoms with Crippen LogP contribution >= 0.6 is 0 Å². The Balaban J connectivity index is 2.95. The van der Waals surface area contributed by atoms with E-state index >= 15 is 0 Å². The predicted molar refractivity (Wildman–Crippen MR) is 93.7 cm³/mol. The molecule has 0 aliphatic carbocycles. The third-order valence-electron chi connectivity index (χ3n) is 3.88. The van der Waals surface area contributed by atoms with Crippen molar-refractivity contribution in [1.29, 1.82) is 5.26 Å². The highest BCUT2D eigenvalue weighted by atomic mass is 16.5. The number of aromatic nitrogens is 1. The predicted octanol–water partition coefficient (Wildman–Crippen LogP) is 1.90. The zero-order chi connectivity index (χ0) is 19.0. The lowest BCUT2D eigenvalue weighted by atomic mass is 10.1. The SMILES string of the molecule is COCC(C)n1c(C)cc(/C=C(\C#N)C(=O)NCCC(=O)OC)c1C. The van der Waals surface area contributed by atoms with Crippen molar-refractivity contribution in [3.05, 3.63) is 28.6 Å². The minimum absolute atomic E-state index is 0.00971. The minimum Gasteiger partial charge on any atom is -0.469 e. The fourth-order valence-electron chi connectivity index (χ4n) is 2.72. The maximum absolute atomic E-state index is 12.1. The number of nitrogens with one attached hydrogen (secondary N) is 1. The maximum atomic E-state index is 12.1. The standard InChI is InChI=1S/C18H25N3O4/c1-12-8-15(14(3)21(12)13(2)11-24-4)9-16(10-19)18(23)20-7-6-17(22)25-5/h8-9,13H,6-7,11H2,1-5H3,(H,20,23)/b16-9+. The number of carbonyl (C=O) groups is 2. The van der Waals surface area contributed by atoms with Crippen LogP contribution in [-0.4, -0.2) is 43.8 Å². The first kappa shape index (κ1) is 20.5. The molecule has 0 spiro atoms. The van der Waals surface area contributed by atoms with Gasteiger partial charge in [0.1, 0.15) is 11.6 Å². The Labute approximate surface area is 148 Å². The van der Waals surface area contributed by atoms with Crippen LogP contribution in [0.1, 0.15) is 36.3 Å². The van der Waals surface area contributed by atoms with E-state index in [1.165, 1.54) is 7.11 Å². The summed E-state index contributed by atoms with van der Waals surface area (Å²) in [6.45, 7) is 6.64. The third-order valence-corrected chi connectivity index (χ3v) is 3.88. The van der Waals surface area contributed by atoms with Crippen molar-refractivity contribution >= 4 is 18.0 Å². The molecule has 0 fully saturated rings. The number of methoxy groups -OCH3 is 2. The van der Waals surface area contributed by atoms with Crippen molar-refractivity contribution < 1.29 is 19.1 Å². The molecular weight excluding hydrogens is 322 g/mol. The lowest BCUT2D eigenvalue weighted by Crippen LogP contribution is -2.27. The summed E-state index contributed by atoms with van der Waals surface area (Å²) in [5, 5.41) is 11.8. The Morgan fingerprint density at radius 2 is 2.08 bits per heavy atom. The molecule has 0 bridgehead atoms. The van der Waals surface area contributed by atoms with Gasteiger partial charge in [-0.2, -0.15) is 5.26 Å². The first-order valence-corrected chi connectivity index (χ1v) is 7.99. The number of esters is 1. The Hall–Kier alpha value is -2.59. The number of carbonyl (C=O) groups excluding carboxylic acids is 2. The van der Waals surface area contributed by atoms with Crippen LogP contribution in [0.4, 0.5) is 0 Å². The molecule has 1 atom stereocenters. The summed E-state index contributed by atoms with van der Waals surface area (Å²) in [6.07, 6.45) is 1.62. The number of ether oxygens (including phenoxy) is 2. The molecule has 7 nitrogen and oxygen atoms in total. The molecule has 0 aliphatic rings. The summed E-state index contributed by atoms with van der Waals surface area (Å²) in [5.74, 6) is -0.931. The number of rotatable bonds is 8. The second-order valence-electron chi connectivity index (χ2n) is 5.75. The summed E-state index contributed by atoms with van der Waals surface area (Å²) in [5.41, 5.74) is 2.78. The van der Waals surface area contributed by atoms with Crippen molar-refractivity contribution in [2.75, 3.05) is 27.4 Å². The van der Waals surface area contributed by atoms with Crippen LogP contribution in [-0.2, 0) is 19.1 Å². The molecule has 0 aliphatic heterocycles. The van der Waals surface area contributed by atoms with Crippen molar-refractivity contribution in [2.45, 2.75) is 33.2 Å². The molecule has 1 aromatic heterocycles. The molecular formula is C18H25N3O4. The third kappa shape index (κ3) is 5.47. The van der Waals surface area contributed by atoms with E-state index < -0.39 is 11.9 Å². The van der Waals surface area contributed by atoms with Crippen LogP contribution < -0.4 is 5.32 Å². The number of amides is 1. The molecule has 25 heavy (non-hydrogen) atoms. The quantitative estimate of drug-likeness (QED) is 0.440. The summed E-state index contributed by atoms with van der Waals surface area (Å²) in [4.78, 5) is 23.2. The lowest BCUT2D eigenvalue weighted by Gasteiger charge is -2.17. The van der Waals surface area contributed by atoms with E-state index in [1.807, 2.05) is 32.9 Å². The van der Waals surface area contributed by atoms with Gasteiger partial charge in [-0.25, -0.2) is 0 Å². The zero-order valence-electron chi connectivity index (χ0n) is 15.4. The largest absolute Gasteiger partial charge is 0.469 e. The van der Waals surface area contributed by atoms with Crippen LogP contribution in [0.3, 0.4) is 0 Å². The molecule has 1 unspecified atom stereocenters. The topological polar surface area (TPSA) is 93.4 Å². The van der Waals surface area contributed by atoms with E-state index in [9.17, 15) is 14.9 Å². The summed E-state index contributed by atoms with van der Waals surface area (Å²) in [7, 11) is 2.93. The Kier molecular flexibility index (Phi) is 7.89. The van der Waals surface area contributed by atoms with Crippen molar-refractivity contribution in [3.8, 4) is 6.07 Å². The van der Waals surface area contributed by atoms with E-state index in [0.29, 0.717) is 6.61 Å². The smallest absolute Gasteiger partial charge is 0.307 e. The summed E-state index contributed by atoms with van der Waals surface area (Å²) >= 11 is 0. The fourth-order valence-corrected chi connectivity index (χ4v) is 2.72. The maximum Gasteiger partial charge on any atom is 0.307 e. The summed E-state index contributed by atoms with van der Waals surface area (Å²) in [6, 6.07) is 3.99. The van der Waals surface area contributed by atoms with Gasteiger partial charge < -0.3 is 19.4 Å². The molecule has 1 N–H and O–H groups in total. The van der Waals surface area contributed by atoms with Gasteiger partial charge in [0.25, 0.3) is 5.91 Å². The zero-order valence-corrected chi connectivity index (χ0v) is 15.4. The molecule has 0 aromatic carbocycles. The average Bonchev–Trinajstić information content (AvgIpc) is 2.86. The molecule has 0 saturated heterocycles. The molecule has 1 amide bonds. The highest BCUT2D eigenvalue weighted by Crippen LogP contribution is 2.22. The number of nitrogens with zero attached hydrogens (tertiary/aromatic N) is 2. The second-order valence-corrected chi connectivity index (χ2v) is 5.75. The Morgan fingerprint density at radius 3 is 2.64 bits per heavy atom. The van der Waals surface area contributed by atoms with Crippen LogP contribution in [0, 0.1) is 25.2 Å². The second kappa shape index (κ2) is 9.64.